The van der Waals surface area contributed by atoms with E-state index in [1.54, 1.807) is 0 Å². The van der Waals surface area contributed by atoms with Crippen LogP contribution in [0.25, 0.3) is 0 Å². The Bertz CT molecular complexity index is 12.0. The molecule has 0 amide bonds. The minimum absolute atomic E-state index is 0. The molecule has 0 spiro atoms. The molecule has 0 aromatic rings. The molecule has 0 aliphatic carbocycles. The largest absolute Gasteiger partial charge is 2.00 e. The van der Waals surface area contributed by atoms with Crippen LogP contribution in [0.1, 0.15) is 5.71 Å². The summed E-state index contributed by atoms with van der Waals surface area (Å²) in [5, 5.41) is 0. The Balaban J connectivity index is 0. The van der Waals surface area contributed by atoms with Gasteiger partial charge in [0.15, 0.2) is 0 Å². The monoisotopic (exact) mass is 152 g/mol. The third-order valence-electron chi connectivity index (χ3n) is 0. The van der Waals surface area contributed by atoms with Crippen LogP contribution in [0.15, 0.2) is 0 Å². The molecule has 0 radical (unpaired) electrons. The molecule has 0 aliphatic rings. The summed E-state index contributed by atoms with van der Waals surface area (Å²) in [6, 6.07) is 0. The van der Waals surface area contributed by atoms with Crippen LogP contribution in [0.2, 0.25) is 0 Å². The zero-order valence-corrected chi connectivity index (χ0v) is 8.83. The second-order valence-electron chi connectivity index (χ2n) is 0. The molecule has 0 saturated carbocycles. The molecule has 0 aromatic carbocycles. The van der Waals surface area contributed by atoms with E-state index in [1.807, 2.05) is 0 Å². The predicted octanol–water partition coefficient (Wildman–Crippen LogP) is -0.0860. The molecule has 0 bridgehead atoms. The Labute approximate surface area is 106 Å². The smallest absolute Gasteiger partial charge is 1.00 e. The minimum atomic E-state index is 0. The van der Waals surface area contributed by atoms with Crippen molar-refractivity contribution < 1.29 is 5.71 Å². The maximum Gasteiger partial charge on any atom is 2.00 e. The zero-order valence-electron chi connectivity index (χ0n) is 6.41. The van der Waals surface area contributed by atoms with Crippen molar-refractivity contribution in [2.45, 2.75) is 0 Å². The first-order valence-electron chi connectivity index (χ1n) is 0. The van der Waals surface area contributed by atoms with Crippen molar-refractivity contribution in [3.05, 3.63) is 0 Å². The second-order valence-corrected chi connectivity index (χ2v) is 0. The third-order valence-corrected chi connectivity index (χ3v) is 0. The summed E-state index contributed by atoms with van der Waals surface area (Å²) in [6.07, 6.45) is 0. The predicted molar refractivity (Wildman–Crippen MR) is 36.7 cm³/mol. The molecule has 0 nitrogen and oxygen atoms in total. The first-order chi connectivity index (χ1) is 0. The zero-order chi connectivity index (χ0) is 0. The van der Waals surface area contributed by atoms with Gasteiger partial charge in [0.1, 0.15) is 0 Å². The quantitative estimate of drug-likeness (QED) is 0.426. The number of rotatable bonds is 0. The van der Waals surface area contributed by atoms with Crippen molar-refractivity contribution in [3.8, 4) is 0 Å². The second kappa shape index (κ2) is 16.3. The Kier molecular flexibility index (Phi) is 110. The molecule has 0 fully saturated rings. The molecule has 0 saturated heterocycles. The van der Waals surface area contributed by atoms with Crippen molar-refractivity contribution in [1.82, 2.24) is 0 Å². The van der Waals surface area contributed by atoms with Crippen LogP contribution in [-0.4, -0.2) is 75.5 Å². The van der Waals surface area contributed by atoms with E-state index in [0.717, 1.165) is 0 Å². The Hall–Kier alpha value is 3.22. The van der Waals surface area contributed by atoms with Crippen molar-refractivity contribution in [2.24, 2.45) is 0 Å². The summed E-state index contributed by atoms with van der Waals surface area (Å²) >= 11 is 0. The van der Waals surface area contributed by atoms with Gasteiger partial charge in [-0.1, -0.05) is 0 Å². The van der Waals surface area contributed by atoms with E-state index >= 15 is 0 Å². The standard InChI is InChI=1S/2Ca.2H2S.4H/h;;2*1H2;;;;/q2*+2;;;4*-1. The van der Waals surface area contributed by atoms with Gasteiger partial charge in [-0.15, -0.1) is 0 Å². The summed E-state index contributed by atoms with van der Waals surface area (Å²) in [4.78, 5) is 0. The van der Waals surface area contributed by atoms with E-state index in [4.69, 9.17) is 0 Å². The first kappa shape index (κ1) is 26.9. The third kappa shape index (κ3) is 8.97. The van der Waals surface area contributed by atoms with E-state index < -0.39 is 0 Å². The normalized spacial score (nSPS) is 0. The average Bonchev–Trinajstić information content (AvgIpc) is 0. The SMILES string of the molecule is S.S.[Ca+2].[Ca+2].[H-].[H-].[H-].[H-]. The van der Waals surface area contributed by atoms with Gasteiger partial charge in [0.05, 0.1) is 0 Å². The molecule has 0 atom stereocenters. The maximum absolute atomic E-state index is 0. The van der Waals surface area contributed by atoms with Gasteiger partial charge in [-0.3, -0.25) is 0 Å². The summed E-state index contributed by atoms with van der Waals surface area (Å²) in [5.41, 5.74) is 0. The molecule has 0 aliphatic heterocycles. The topological polar surface area (TPSA) is 0 Å². The van der Waals surface area contributed by atoms with Crippen LogP contribution in [0.3, 0.4) is 0 Å². The fraction of sp³-hybridized carbons (Fsp3) is 0. The van der Waals surface area contributed by atoms with Gasteiger partial charge < -0.3 is 5.71 Å². The van der Waals surface area contributed by atoms with Crippen molar-refractivity contribution in [2.75, 3.05) is 0 Å². The molecular formula is H8Ca2S2. The molecule has 0 N–H and O–H groups in total. The van der Waals surface area contributed by atoms with Crippen molar-refractivity contribution >= 4 is 102 Å². The molecule has 0 heterocycles. The summed E-state index contributed by atoms with van der Waals surface area (Å²) < 4.78 is 0. The van der Waals surface area contributed by atoms with Crippen LogP contribution in [0.4, 0.5) is 0 Å². The first-order valence-corrected chi connectivity index (χ1v) is 0. The molecule has 0 rings (SSSR count). The Morgan fingerprint density at radius 1 is 0.750 bits per heavy atom. The van der Waals surface area contributed by atoms with Crippen LogP contribution in [0, 0.1) is 0 Å². The van der Waals surface area contributed by atoms with Gasteiger partial charge in [-0.05, 0) is 0 Å². The summed E-state index contributed by atoms with van der Waals surface area (Å²) in [7, 11) is 0. The minimum Gasteiger partial charge on any atom is -1.00 e. The van der Waals surface area contributed by atoms with E-state index in [2.05, 4.69) is 0 Å². The van der Waals surface area contributed by atoms with E-state index in [0.29, 0.717) is 0 Å². The van der Waals surface area contributed by atoms with E-state index in [9.17, 15) is 0 Å². The molecule has 0 aromatic heterocycles. The van der Waals surface area contributed by atoms with Gasteiger partial charge in [-0.25, -0.2) is 0 Å². The van der Waals surface area contributed by atoms with Gasteiger partial charge in [-0.2, -0.15) is 27.0 Å². The molecule has 0 unspecified atom stereocenters. The molecule has 4 heteroatoms. The fourth-order valence-corrected chi connectivity index (χ4v) is 0. The van der Waals surface area contributed by atoms with Crippen LogP contribution >= 0.6 is 27.0 Å². The van der Waals surface area contributed by atoms with Gasteiger partial charge in [0.2, 0.25) is 0 Å². The molecular weight excluding hydrogens is 144 g/mol. The summed E-state index contributed by atoms with van der Waals surface area (Å²) in [6.45, 7) is 0. The molecule has 4 heavy (non-hydrogen) atoms. The summed E-state index contributed by atoms with van der Waals surface area (Å²) in [5.74, 6) is 0. The van der Waals surface area contributed by atoms with Gasteiger partial charge >= 0.3 is 75.5 Å². The van der Waals surface area contributed by atoms with E-state index in [-0.39, 0.29) is 108 Å². The van der Waals surface area contributed by atoms with Crippen LogP contribution in [-0.2, 0) is 0 Å². The van der Waals surface area contributed by atoms with Gasteiger partial charge in [0.25, 0.3) is 0 Å². The number of hydrogen-bond donors (Lipinski definition) is 0. The fourth-order valence-electron chi connectivity index (χ4n) is 0. The van der Waals surface area contributed by atoms with Crippen molar-refractivity contribution in [1.29, 1.82) is 0 Å². The Morgan fingerprint density at radius 3 is 0.750 bits per heavy atom. The Morgan fingerprint density at radius 2 is 0.750 bits per heavy atom. The molecule has 24 valence electrons. The van der Waals surface area contributed by atoms with Gasteiger partial charge in [0, 0.05) is 0 Å². The maximum atomic E-state index is 0. The number of hydrogen-bond acceptors (Lipinski definition) is 0. The van der Waals surface area contributed by atoms with Crippen LogP contribution in [0.5, 0.6) is 0 Å². The average molecular weight is 152 g/mol. The van der Waals surface area contributed by atoms with Crippen molar-refractivity contribution in [3.63, 3.8) is 0 Å². The van der Waals surface area contributed by atoms with Crippen LogP contribution < -0.4 is 0 Å². The van der Waals surface area contributed by atoms with E-state index in [1.165, 1.54) is 0 Å².